The van der Waals surface area contributed by atoms with Gasteiger partial charge >= 0.3 is 0 Å². The van der Waals surface area contributed by atoms with Gasteiger partial charge < -0.3 is 5.11 Å². The largest absolute Gasteiger partial charge is 0.389 e. The first-order chi connectivity index (χ1) is 9.08. The minimum absolute atomic E-state index is 0.158. The van der Waals surface area contributed by atoms with Crippen molar-refractivity contribution >= 4 is 0 Å². The molecule has 0 aromatic heterocycles. The molecular weight excluding hydrogens is 232 g/mol. The molecule has 0 aliphatic heterocycles. The van der Waals surface area contributed by atoms with Gasteiger partial charge in [-0.15, -0.1) is 0 Å². The molecule has 0 aromatic rings. The lowest BCUT2D eigenvalue weighted by molar-refractivity contribution is -0.128. The summed E-state index contributed by atoms with van der Waals surface area (Å²) in [6.07, 6.45) is 16.6. The van der Waals surface area contributed by atoms with Crippen LogP contribution in [0.5, 0.6) is 0 Å². The Hall–Kier alpha value is -0.0400. The molecule has 1 N–H and O–H groups in total. The summed E-state index contributed by atoms with van der Waals surface area (Å²) < 4.78 is 0. The highest BCUT2D eigenvalue weighted by atomic mass is 16.3. The van der Waals surface area contributed by atoms with E-state index < -0.39 is 0 Å². The third-order valence-electron chi connectivity index (χ3n) is 6.41. The van der Waals surface area contributed by atoms with Gasteiger partial charge in [-0.25, -0.2) is 0 Å². The Labute approximate surface area is 120 Å². The van der Waals surface area contributed by atoms with Gasteiger partial charge in [0.1, 0.15) is 0 Å². The Morgan fingerprint density at radius 1 is 0.737 bits per heavy atom. The van der Waals surface area contributed by atoms with Crippen molar-refractivity contribution in [2.45, 2.75) is 103 Å². The van der Waals surface area contributed by atoms with Crippen LogP contribution < -0.4 is 0 Å². The van der Waals surface area contributed by atoms with Gasteiger partial charge in [-0.1, -0.05) is 78.1 Å². The molecule has 2 atom stereocenters. The molecule has 1 nitrogen and oxygen atoms in total. The SMILES string of the molecule is CC1CCCCCCC1(C)C1(O)CCCCCCC1. The Morgan fingerprint density at radius 3 is 1.84 bits per heavy atom. The van der Waals surface area contributed by atoms with Crippen molar-refractivity contribution in [3.05, 3.63) is 0 Å². The Kier molecular flexibility index (Phi) is 5.34. The van der Waals surface area contributed by atoms with Gasteiger partial charge in [-0.3, -0.25) is 0 Å². The van der Waals surface area contributed by atoms with Crippen molar-refractivity contribution in [1.82, 2.24) is 0 Å². The molecule has 0 bridgehead atoms. The van der Waals surface area contributed by atoms with E-state index >= 15 is 0 Å². The van der Waals surface area contributed by atoms with Gasteiger partial charge in [0.25, 0.3) is 0 Å². The molecular formula is C18H34O. The molecule has 2 aliphatic rings. The van der Waals surface area contributed by atoms with Crippen LogP contribution in [0.25, 0.3) is 0 Å². The summed E-state index contributed by atoms with van der Waals surface area (Å²) in [7, 11) is 0. The standard InChI is InChI=1S/C18H34O/c1-16-12-8-4-7-9-13-17(16,2)18(19)14-10-5-3-6-11-15-18/h16,19H,3-15H2,1-2H3. The van der Waals surface area contributed by atoms with Crippen LogP contribution >= 0.6 is 0 Å². The third-order valence-corrected chi connectivity index (χ3v) is 6.41. The highest BCUT2D eigenvalue weighted by Gasteiger charge is 2.48. The zero-order chi connectivity index (χ0) is 13.8. The lowest BCUT2D eigenvalue weighted by Crippen LogP contribution is -2.51. The van der Waals surface area contributed by atoms with Crippen LogP contribution in [0, 0.1) is 11.3 Å². The maximum Gasteiger partial charge on any atom is 0.0703 e. The van der Waals surface area contributed by atoms with E-state index in [1.807, 2.05) is 0 Å². The predicted octanol–water partition coefficient (Wildman–Crippen LogP) is 5.46. The highest BCUT2D eigenvalue weighted by Crippen LogP contribution is 2.51. The first kappa shape index (κ1) is 15.4. The van der Waals surface area contributed by atoms with Crippen molar-refractivity contribution in [2.24, 2.45) is 11.3 Å². The van der Waals surface area contributed by atoms with Crippen molar-refractivity contribution in [2.75, 3.05) is 0 Å². The minimum atomic E-state index is -0.385. The maximum atomic E-state index is 11.4. The number of rotatable bonds is 1. The second-order valence-corrected chi connectivity index (χ2v) is 7.57. The predicted molar refractivity (Wildman–Crippen MR) is 82.2 cm³/mol. The van der Waals surface area contributed by atoms with Gasteiger partial charge in [0.2, 0.25) is 0 Å². The van der Waals surface area contributed by atoms with Crippen LogP contribution in [0.2, 0.25) is 0 Å². The zero-order valence-corrected chi connectivity index (χ0v) is 13.2. The number of aliphatic hydroxyl groups is 1. The second kappa shape index (κ2) is 6.61. The monoisotopic (exact) mass is 266 g/mol. The summed E-state index contributed by atoms with van der Waals surface area (Å²) in [5.41, 5.74) is -0.227. The maximum absolute atomic E-state index is 11.4. The van der Waals surface area contributed by atoms with Gasteiger partial charge in [0, 0.05) is 0 Å². The Balaban J connectivity index is 2.16. The molecule has 2 aliphatic carbocycles. The van der Waals surface area contributed by atoms with Crippen molar-refractivity contribution < 1.29 is 5.11 Å². The molecule has 112 valence electrons. The third kappa shape index (κ3) is 3.35. The summed E-state index contributed by atoms with van der Waals surface area (Å²) in [6, 6.07) is 0. The normalized spacial score (nSPS) is 37.7. The van der Waals surface area contributed by atoms with Crippen LogP contribution in [-0.2, 0) is 0 Å². The van der Waals surface area contributed by atoms with Crippen LogP contribution in [0.15, 0.2) is 0 Å². The molecule has 2 saturated carbocycles. The van der Waals surface area contributed by atoms with Gasteiger partial charge in [-0.2, -0.15) is 0 Å². The topological polar surface area (TPSA) is 20.2 Å². The van der Waals surface area contributed by atoms with E-state index in [9.17, 15) is 5.11 Å². The fraction of sp³-hybridized carbons (Fsp3) is 1.00. The van der Waals surface area contributed by atoms with Crippen molar-refractivity contribution in [3.8, 4) is 0 Å². The highest BCUT2D eigenvalue weighted by molar-refractivity contribution is 4.99. The molecule has 0 amide bonds. The van der Waals surface area contributed by atoms with E-state index in [-0.39, 0.29) is 11.0 Å². The molecule has 1 heteroatoms. The average molecular weight is 266 g/mol. The fourth-order valence-corrected chi connectivity index (χ4v) is 4.61. The molecule has 2 unspecified atom stereocenters. The zero-order valence-electron chi connectivity index (χ0n) is 13.2. The first-order valence-corrected chi connectivity index (χ1v) is 8.81. The summed E-state index contributed by atoms with van der Waals surface area (Å²) in [5, 5.41) is 11.4. The van der Waals surface area contributed by atoms with E-state index in [1.165, 1.54) is 70.6 Å². The van der Waals surface area contributed by atoms with E-state index in [0.717, 1.165) is 12.8 Å². The molecule has 2 fully saturated rings. The van der Waals surface area contributed by atoms with Crippen LogP contribution in [0.3, 0.4) is 0 Å². The minimum Gasteiger partial charge on any atom is -0.389 e. The summed E-state index contributed by atoms with van der Waals surface area (Å²) in [6.45, 7) is 4.81. The van der Waals surface area contributed by atoms with Gasteiger partial charge in [0.15, 0.2) is 0 Å². The van der Waals surface area contributed by atoms with Crippen LogP contribution in [0.1, 0.15) is 97.3 Å². The van der Waals surface area contributed by atoms with Crippen LogP contribution in [0.4, 0.5) is 0 Å². The number of hydrogen-bond donors (Lipinski definition) is 1. The lowest BCUT2D eigenvalue weighted by Gasteiger charge is -2.51. The summed E-state index contributed by atoms with van der Waals surface area (Å²) in [4.78, 5) is 0. The summed E-state index contributed by atoms with van der Waals surface area (Å²) in [5.74, 6) is 0.678. The smallest absolute Gasteiger partial charge is 0.0703 e. The molecule has 2 rings (SSSR count). The lowest BCUT2D eigenvalue weighted by atomic mass is 9.58. The van der Waals surface area contributed by atoms with Gasteiger partial charge in [-0.05, 0) is 30.6 Å². The second-order valence-electron chi connectivity index (χ2n) is 7.57. The van der Waals surface area contributed by atoms with E-state index in [2.05, 4.69) is 13.8 Å². The summed E-state index contributed by atoms with van der Waals surface area (Å²) >= 11 is 0. The van der Waals surface area contributed by atoms with E-state index in [0.29, 0.717) is 5.92 Å². The quantitative estimate of drug-likeness (QED) is 0.668. The van der Waals surface area contributed by atoms with E-state index in [4.69, 9.17) is 0 Å². The van der Waals surface area contributed by atoms with E-state index in [1.54, 1.807) is 0 Å². The molecule has 19 heavy (non-hydrogen) atoms. The van der Waals surface area contributed by atoms with Crippen LogP contribution in [-0.4, -0.2) is 10.7 Å². The molecule has 0 aromatic carbocycles. The molecule has 0 saturated heterocycles. The molecule has 0 radical (unpaired) electrons. The number of hydrogen-bond acceptors (Lipinski definition) is 1. The van der Waals surface area contributed by atoms with Gasteiger partial charge in [0.05, 0.1) is 5.60 Å². The molecule has 0 spiro atoms. The average Bonchev–Trinajstić information content (AvgIpc) is 2.35. The fourth-order valence-electron chi connectivity index (χ4n) is 4.61. The molecule has 0 heterocycles. The van der Waals surface area contributed by atoms with Crippen molar-refractivity contribution in [1.29, 1.82) is 0 Å². The van der Waals surface area contributed by atoms with Crippen molar-refractivity contribution in [3.63, 3.8) is 0 Å². The first-order valence-electron chi connectivity index (χ1n) is 8.81. The Bertz CT molecular complexity index is 265. The Morgan fingerprint density at radius 2 is 1.21 bits per heavy atom.